The largest absolute Gasteiger partial charge is 0.394 e. The summed E-state index contributed by atoms with van der Waals surface area (Å²) < 4.78 is 18.4. The van der Waals surface area contributed by atoms with Crippen LogP contribution in [0.5, 0.6) is 0 Å². The fourth-order valence-electron chi connectivity index (χ4n) is 2.20. The number of nitrogens with zero attached hydrogens (tertiary/aromatic N) is 1. The van der Waals surface area contributed by atoms with Crippen LogP contribution in [0.25, 0.3) is 0 Å². The average Bonchev–Trinajstić information content (AvgIpc) is 2.42. The minimum absolute atomic E-state index is 0.0514. The molecule has 0 bridgehead atoms. The second-order valence-electron chi connectivity index (χ2n) is 4.95. The summed E-state index contributed by atoms with van der Waals surface area (Å²) in [5, 5.41) is 9.36. The van der Waals surface area contributed by atoms with Crippen molar-refractivity contribution < 1.29 is 19.0 Å². The molecule has 1 amide bonds. The van der Waals surface area contributed by atoms with E-state index in [0.717, 1.165) is 0 Å². The van der Waals surface area contributed by atoms with Crippen molar-refractivity contribution in [2.45, 2.75) is 25.5 Å². The third-order valence-electron chi connectivity index (χ3n) is 3.39. The van der Waals surface area contributed by atoms with Gasteiger partial charge in [-0.1, -0.05) is 17.7 Å². The molecule has 2 atom stereocenters. The molecule has 1 aliphatic rings. The van der Waals surface area contributed by atoms with Gasteiger partial charge in [0.25, 0.3) is 0 Å². The third-order valence-corrected chi connectivity index (χ3v) is 3.74. The van der Waals surface area contributed by atoms with Crippen LogP contribution in [0.1, 0.15) is 12.5 Å². The molecule has 1 aromatic rings. The number of halogens is 2. The summed E-state index contributed by atoms with van der Waals surface area (Å²) in [5.74, 6) is -0.529. The lowest BCUT2D eigenvalue weighted by Crippen LogP contribution is -2.52. The van der Waals surface area contributed by atoms with Gasteiger partial charge in [-0.3, -0.25) is 4.79 Å². The van der Waals surface area contributed by atoms with Crippen molar-refractivity contribution in [1.29, 1.82) is 0 Å². The lowest BCUT2D eigenvalue weighted by Gasteiger charge is -2.37. The average molecular weight is 302 g/mol. The van der Waals surface area contributed by atoms with E-state index in [1.165, 1.54) is 18.2 Å². The Morgan fingerprint density at radius 1 is 1.60 bits per heavy atom. The molecule has 0 radical (unpaired) electrons. The SMILES string of the molecule is CC1COC(CO)CN1C(=O)Cc1ccc(F)cc1Cl. The van der Waals surface area contributed by atoms with E-state index in [4.69, 9.17) is 21.4 Å². The number of carbonyl (C=O) groups excluding carboxylic acids is 1. The van der Waals surface area contributed by atoms with Gasteiger partial charge in [0.05, 0.1) is 31.8 Å². The number of aliphatic hydroxyl groups excluding tert-OH is 1. The zero-order valence-corrected chi connectivity index (χ0v) is 11.9. The molecular weight excluding hydrogens is 285 g/mol. The number of amides is 1. The van der Waals surface area contributed by atoms with Crippen LogP contribution in [-0.2, 0) is 16.0 Å². The smallest absolute Gasteiger partial charge is 0.227 e. The summed E-state index contributed by atoms with van der Waals surface area (Å²) in [5.41, 5.74) is 0.595. The maximum atomic E-state index is 13.0. The highest BCUT2D eigenvalue weighted by Crippen LogP contribution is 2.20. The Kier molecular flexibility index (Phi) is 4.96. The van der Waals surface area contributed by atoms with Crippen molar-refractivity contribution in [3.63, 3.8) is 0 Å². The number of benzene rings is 1. The van der Waals surface area contributed by atoms with Gasteiger partial charge in [-0.05, 0) is 24.6 Å². The summed E-state index contributed by atoms with van der Waals surface area (Å²) >= 11 is 5.93. The molecule has 6 heteroatoms. The van der Waals surface area contributed by atoms with Crippen molar-refractivity contribution in [3.8, 4) is 0 Å². The highest BCUT2D eigenvalue weighted by molar-refractivity contribution is 6.31. The van der Waals surface area contributed by atoms with Crippen molar-refractivity contribution >= 4 is 17.5 Å². The van der Waals surface area contributed by atoms with Crippen LogP contribution >= 0.6 is 11.6 Å². The number of hydrogen-bond acceptors (Lipinski definition) is 3. The summed E-state index contributed by atoms with van der Waals surface area (Å²) in [4.78, 5) is 14.0. The molecular formula is C14H17ClFNO3. The zero-order chi connectivity index (χ0) is 14.7. The Morgan fingerprint density at radius 3 is 3.00 bits per heavy atom. The van der Waals surface area contributed by atoms with E-state index in [1.54, 1.807) is 4.90 Å². The van der Waals surface area contributed by atoms with Crippen molar-refractivity contribution in [1.82, 2.24) is 4.90 Å². The molecule has 1 saturated heterocycles. The first-order chi connectivity index (χ1) is 9.51. The van der Waals surface area contributed by atoms with Gasteiger partial charge in [-0.2, -0.15) is 0 Å². The fourth-order valence-corrected chi connectivity index (χ4v) is 2.44. The number of morpholine rings is 1. The van der Waals surface area contributed by atoms with E-state index in [-0.39, 0.29) is 36.1 Å². The topological polar surface area (TPSA) is 49.8 Å². The van der Waals surface area contributed by atoms with E-state index >= 15 is 0 Å². The van der Waals surface area contributed by atoms with Gasteiger partial charge in [0.15, 0.2) is 0 Å². The van der Waals surface area contributed by atoms with E-state index < -0.39 is 5.82 Å². The fraction of sp³-hybridized carbons (Fsp3) is 0.500. The first-order valence-electron chi connectivity index (χ1n) is 6.47. The molecule has 4 nitrogen and oxygen atoms in total. The second kappa shape index (κ2) is 6.52. The van der Waals surface area contributed by atoms with Gasteiger partial charge in [-0.15, -0.1) is 0 Å². The van der Waals surface area contributed by atoms with Gasteiger partial charge < -0.3 is 14.7 Å². The normalized spacial score (nSPS) is 22.9. The number of rotatable bonds is 3. The van der Waals surface area contributed by atoms with Crippen molar-refractivity contribution in [2.75, 3.05) is 19.8 Å². The molecule has 1 fully saturated rings. The van der Waals surface area contributed by atoms with E-state index in [1.807, 2.05) is 6.92 Å². The predicted octanol–water partition coefficient (Wildman–Crippen LogP) is 1.63. The van der Waals surface area contributed by atoms with Crippen LogP contribution < -0.4 is 0 Å². The summed E-state index contributed by atoms with van der Waals surface area (Å²) in [7, 11) is 0. The van der Waals surface area contributed by atoms with E-state index in [2.05, 4.69) is 0 Å². The van der Waals surface area contributed by atoms with Crippen molar-refractivity contribution in [3.05, 3.63) is 34.6 Å². The highest BCUT2D eigenvalue weighted by Gasteiger charge is 2.29. The molecule has 110 valence electrons. The Balaban J connectivity index is 2.06. The molecule has 0 saturated carbocycles. The molecule has 0 aliphatic carbocycles. The van der Waals surface area contributed by atoms with E-state index in [0.29, 0.717) is 18.7 Å². The molecule has 2 unspecified atom stereocenters. The maximum absolute atomic E-state index is 13.0. The zero-order valence-electron chi connectivity index (χ0n) is 11.2. The molecule has 20 heavy (non-hydrogen) atoms. The second-order valence-corrected chi connectivity index (χ2v) is 5.35. The predicted molar refractivity (Wildman–Crippen MR) is 73.1 cm³/mol. The van der Waals surface area contributed by atoms with Crippen LogP contribution in [0.15, 0.2) is 18.2 Å². The van der Waals surface area contributed by atoms with Crippen LogP contribution in [0.3, 0.4) is 0 Å². The van der Waals surface area contributed by atoms with Crippen LogP contribution in [0.4, 0.5) is 4.39 Å². The van der Waals surface area contributed by atoms with Crippen LogP contribution in [-0.4, -0.2) is 47.8 Å². The molecule has 1 heterocycles. The molecule has 0 spiro atoms. The van der Waals surface area contributed by atoms with Gasteiger partial charge >= 0.3 is 0 Å². The monoisotopic (exact) mass is 301 g/mol. The van der Waals surface area contributed by atoms with Gasteiger partial charge in [0.1, 0.15) is 5.82 Å². The highest BCUT2D eigenvalue weighted by atomic mass is 35.5. The molecule has 1 aromatic carbocycles. The molecule has 1 N–H and O–H groups in total. The first kappa shape index (κ1) is 15.2. The quantitative estimate of drug-likeness (QED) is 0.923. The number of carbonyl (C=O) groups is 1. The third kappa shape index (κ3) is 3.48. The standard InChI is InChI=1S/C14H17ClFNO3/c1-9-8-20-12(7-18)6-17(9)14(19)4-10-2-3-11(16)5-13(10)15/h2-3,5,9,12,18H,4,6-8H2,1H3. The van der Waals surface area contributed by atoms with Gasteiger partial charge in [0.2, 0.25) is 5.91 Å². The number of ether oxygens (including phenoxy) is 1. The van der Waals surface area contributed by atoms with Gasteiger partial charge in [-0.25, -0.2) is 4.39 Å². The van der Waals surface area contributed by atoms with Crippen LogP contribution in [0.2, 0.25) is 5.02 Å². The van der Waals surface area contributed by atoms with Crippen LogP contribution in [0, 0.1) is 5.82 Å². The number of hydrogen-bond donors (Lipinski definition) is 1. The summed E-state index contributed by atoms with van der Waals surface area (Å²) in [6.45, 7) is 2.52. The molecule has 2 rings (SSSR count). The Labute approximate surface area is 122 Å². The Morgan fingerprint density at radius 2 is 2.35 bits per heavy atom. The molecule has 0 aromatic heterocycles. The Hall–Kier alpha value is -1.17. The first-order valence-corrected chi connectivity index (χ1v) is 6.85. The minimum Gasteiger partial charge on any atom is -0.394 e. The minimum atomic E-state index is -0.425. The van der Waals surface area contributed by atoms with E-state index in [9.17, 15) is 9.18 Å². The van der Waals surface area contributed by atoms with Crippen molar-refractivity contribution in [2.24, 2.45) is 0 Å². The number of aliphatic hydroxyl groups is 1. The lowest BCUT2D eigenvalue weighted by molar-refractivity contribution is -0.145. The summed E-state index contributed by atoms with van der Waals surface area (Å²) in [6.07, 6.45) is -0.236. The molecule has 1 aliphatic heterocycles. The Bertz CT molecular complexity index is 497. The lowest BCUT2D eigenvalue weighted by atomic mass is 10.1. The van der Waals surface area contributed by atoms with Gasteiger partial charge in [0, 0.05) is 11.6 Å². The maximum Gasteiger partial charge on any atom is 0.227 e. The summed E-state index contributed by atoms with van der Waals surface area (Å²) in [6, 6.07) is 3.95.